The van der Waals surface area contributed by atoms with Crippen molar-refractivity contribution >= 4 is 17.7 Å². The summed E-state index contributed by atoms with van der Waals surface area (Å²) in [6, 6.07) is 7.62. The second-order valence-corrected chi connectivity index (χ2v) is 3.63. The first-order chi connectivity index (χ1) is 7.76. The lowest BCUT2D eigenvalue weighted by atomic mass is 10.2. The van der Waals surface area contributed by atoms with E-state index in [4.69, 9.17) is 21.1 Å². The molecular weight excluding hydrogens is 224 g/mol. The van der Waals surface area contributed by atoms with Crippen LogP contribution in [0.25, 0.3) is 6.08 Å². The fourth-order valence-corrected chi connectivity index (χ4v) is 1.38. The van der Waals surface area contributed by atoms with E-state index in [1.54, 1.807) is 0 Å². The number of ether oxygens (including phenoxy) is 2. The molecule has 0 amide bonds. The molecule has 0 fully saturated rings. The van der Waals surface area contributed by atoms with Gasteiger partial charge in [-0.15, -0.1) is 0 Å². The summed E-state index contributed by atoms with van der Waals surface area (Å²) < 4.78 is 10.8. The maximum atomic E-state index is 5.80. The summed E-state index contributed by atoms with van der Waals surface area (Å²) in [4.78, 5) is 0. The minimum atomic E-state index is -0.273. The molecule has 3 heteroatoms. The third-order valence-corrected chi connectivity index (χ3v) is 2.23. The van der Waals surface area contributed by atoms with Crippen molar-refractivity contribution in [2.75, 3.05) is 13.2 Å². The SMILES string of the molecule is CCOC(/C=C/c1ccc(Cl)cc1)OCC. The molecule has 0 aliphatic rings. The summed E-state index contributed by atoms with van der Waals surface area (Å²) in [5.41, 5.74) is 1.08. The van der Waals surface area contributed by atoms with Gasteiger partial charge in [0.05, 0.1) is 0 Å². The summed E-state index contributed by atoms with van der Waals surface area (Å²) in [6.45, 7) is 5.16. The Kier molecular flexibility index (Phi) is 6.16. The summed E-state index contributed by atoms with van der Waals surface area (Å²) in [7, 11) is 0. The highest BCUT2D eigenvalue weighted by Crippen LogP contribution is 2.11. The van der Waals surface area contributed by atoms with Gasteiger partial charge in [-0.05, 0) is 37.6 Å². The van der Waals surface area contributed by atoms with Crippen LogP contribution < -0.4 is 0 Å². The third kappa shape index (κ3) is 4.79. The van der Waals surface area contributed by atoms with E-state index in [0.717, 1.165) is 10.6 Å². The summed E-state index contributed by atoms with van der Waals surface area (Å²) in [5, 5.41) is 0.739. The highest BCUT2D eigenvalue weighted by atomic mass is 35.5. The molecule has 0 unspecified atom stereocenters. The molecule has 0 spiro atoms. The molecule has 0 atom stereocenters. The minimum Gasteiger partial charge on any atom is -0.349 e. The average molecular weight is 241 g/mol. The lowest BCUT2D eigenvalue weighted by Gasteiger charge is -2.12. The van der Waals surface area contributed by atoms with Crippen LogP contribution in [-0.2, 0) is 9.47 Å². The lowest BCUT2D eigenvalue weighted by Crippen LogP contribution is -2.13. The van der Waals surface area contributed by atoms with Crippen LogP contribution >= 0.6 is 11.6 Å². The van der Waals surface area contributed by atoms with E-state index in [0.29, 0.717) is 13.2 Å². The van der Waals surface area contributed by atoms with Crippen LogP contribution in [0.5, 0.6) is 0 Å². The van der Waals surface area contributed by atoms with Crippen LogP contribution in [0.15, 0.2) is 30.3 Å². The largest absolute Gasteiger partial charge is 0.349 e. The molecule has 0 N–H and O–H groups in total. The fourth-order valence-electron chi connectivity index (χ4n) is 1.25. The molecule has 0 saturated heterocycles. The van der Waals surface area contributed by atoms with E-state index in [1.807, 2.05) is 50.3 Å². The Morgan fingerprint density at radius 2 is 1.69 bits per heavy atom. The standard InChI is InChI=1S/C13H17ClO2/c1-3-15-13(16-4-2)10-7-11-5-8-12(14)9-6-11/h5-10,13H,3-4H2,1-2H3/b10-7+. The van der Waals surface area contributed by atoms with Gasteiger partial charge in [0.25, 0.3) is 0 Å². The van der Waals surface area contributed by atoms with Crippen LogP contribution in [-0.4, -0.2) is 19.5 Å². The predicted octanol–water partition coefficient (Wildman–Crippen LogP) is 3.75. The third-order valence-electron chi connectivity index (χ3n) is 1.98. The van der Waals surface area contributed by atoms with Crippen LogP contribution in [0, 0.1) is 0 Å². The molecule has 0 aliphatic carbocycles. The van der Waals surface area contributed by atoms with Crippen molar-refractivity contribution in [2.45, 2.75) is 20.1 Å². The number of halogens is 1. The van der Waals surface area contributed by atoms with Gasteiger partial charge in [-0.1, -0.05) is 29.8 Å². The molecule has 88 valence electrons. The zero-order valence-electron chi connectivity index (χ0n) is 9.65. The van der Waals surface area contributed by atoms with Crippen molar-refractivity contribution < 1.29 is 9.47 Å². The second-order valence-electron chi connectivity index (χ2n) is 3.19. The van der Waals surface area contributed by atoms with Crippen molar-refractivity contribution in [1.82, 2.24) is 0 Å². The monoisotopic (exact) mass is 240 g/mol. The first kappa shape index (κ1) is 13.2. The molecule has 1 aromatic carbocycles. The van der Waals surface area contributed by atoms with Gasteiger partial charge in [-0.2, -0.15) is 0 Å². The Morgan fingerprint density at radius 1 is 1.12 bits per heavy atom. The van der Waals surface area contributed by atoms with Gasteiger partial charge in [-0.25, -0.2) is 0 Å². The molecule has 1 rings (SSSR count). The first-order valence-corrected chi connectivity index (χ1v) is 5.81. The topological polar surface area (TPSA) is 18.5 Å². The maximum absolute atomic E-state index is 5.80. The Balaban J connectivity index is 2.58. The smallest absolute Gasteiger partial charge is 0.177 e. The van der Waals surface area contributed by atoms with Crippen molar-refractivity contribution in [2.24, 2.45) is 0 Å². The molecule has 0 radical (unpaired) electrons. The minimum absolute atomic E-state index is 0.273. The number of benzene rings is 1. The van der Waals surface area contributed by atoms with Gasteiger partial charge in [0, 0.05) is 18.2 Å². The highest BCUT2D eigenvalue weighted by molar-refractivity contribution is 6.30. The fraction of sp³-hybridized carbons (Fsp3) is 0.385. The van der Waals surface area contributed by atoms with Gasteiger partial charge in [0.2, 0.25) is 0 Å². The normalized spacial score (nSPS) is 11.5. The zero-order chi connectivity index (χ0) is 11.8. The van der Waals surface area contributed by atoms with Gasteiger partial charge in [-0.3, -0.25) is 0 Å². The maximum Gasteiger partial charge on any atom is 0.177 e. The van der Waals surface area contributed by atoms with E-state index in [1.165, 1.54) is 0 Å². The Labute approximate surface area is 102 Å². The van der Waals surface area contributed by atoms with Crippen LogP contribution in [0.3, 0.4) is 0 Å². The van der Waals surface area contributed by atoms with Crippen molar-refractivity contribution in [3.63, 3.8) is 0 Å². The van der Waals surface area contributed by atoms with Gasteiger partial charge < -0.3 is 9.47 Å². The molecule has 1 aromatic rings. The summed E-state index contributed by atoms with van der Waals surface area (Å²) in [6.07, 6.45) is 3.59. The summed E-state index contributed by atoms with van der Waals surface area (Å²) in [5.74, 6) is 0. The molecule has 0 aromatic heterocycles. The zero-order valence-corrected chi connectivity index (χ0v) is 10.4. The number of hydrogen-bond donors (Lipinski definition) is 0. The van der Waals surface area contributed by atoms with Crippen LogP contribution in [0.1, 0.15) is 19.4 Å². The molecule has 0 saturated carbocycles. The van der Waals surface area contributed by atoms with Crippen molar-refractivity contribution in [3.05, 3.63) is 40.9 Å². The Hall–Kier alpha value is -0.830. The number of rotatable bonds is 6. The first-order valence-electron chi connectivity index (χ1n) is 5.43. The lowest BCUT2D eigenvalue weighted by molar-refractivity contribution is -0.103. The van der Waals surface area contributed by atoms with E-state index in [2.05, 4.69) is 0 Å². The van der Waals surface area contributed by atoms with Crippen LogP contribution in [0.4, 0.5) is 0 Å². The van der Waals surface area contributed by atoms with E-state index < -0.39 is 0 Å². The Bertz CT molecular complexity index is 313. The second kappa shape index (κ2) is 7.44. The Morgan fingerprint density at radius 3 is 2.19 bits per heavy atom. The molecule has 16 heavy (non-hydrogen) atoms. The molecule has 0 bridgehead atoms. The van der Waals surface area contributed by atoms with Gasteiger partial charge in [0.1, 0.15) is 0 Å². The van der Waals surface area contributed by atoms with E-state index in [-0.39, 0.29) is 6.29 Å². The number of hydrogen-bond acceptors (Lipinski definition) is 2. The van der Waals surface area contributed by atoms with E-state index in [9.17, 15) is 0 Å². The van der Waals surface area contributed by atoms with Crippen molar-refractivity contribution in [3.8, 4) is 0 Å². The van der Waals surface area contributed by atoms with Gasteiger partial charge >= 0.3 is 0 Å². The highest BCUT2D eigenvalue weighted by Gasteiger charge is 2.01. The summed E-state index contributed by atoms with van der Waals surface area (Å²) >= 11 is 5.80. The van der Waals surface area contributed by atoms with Crippen molar-refractivity contribution in [1.29, 1.82) is 0 Å². The predicted molar refractivity (Wildman–Crippen MR) is 67.5 cm³/mol. The van der Waals surface area contributed by atoms with Gasteiger partial charge in [0.15, 0.2) is 6.29 Å². The molecule has 0 aliphatic heterocycles. The quantitative estimate of drug-likeness (QED) is 0.705. The molecular formula is C13H17ClO2. The molecule has 0 heterocycles. The van der Waals surface area contributed by atoms with Crippen LogP contribution in [0.2, 0.25) is 5.02 Å². The molecule has 2 nitrogen and oxygen atoms in total. The average Bonchev–Trinajstić information content (AvgIpc) is 2.29. The van der Waals surface area contributed by atoms with E-state index >= 15 is 0 Å².